The van der Waals surface area contributed by atoms with Crippen molar-refractivity contribution < 1.29 is 74.4 Å². The van der Waals surface area contributed by atoms with Crippen molar-refractivity contribution in [3.8, 4) is 40.1 Å². The molecule has 2 saturated heterocycles. The molecule has 42 heavy (non-hydrogen) atoms. The fourth-order valence-electron chi connectivity index (χ4n) is 4.58. The molecule has 2 fully saturated rings. The fourth-order valence-corrected chi connectivity index (χ4v) is 4.58. The van der Waals surface area contributed by atoms with E-state index in [1.165, 1.54) is 24.3 Å². The second kappa shape index (κ2) is 11.5. The van der Waals surface area contributed by atoms with E-state index in [1.807, 2.05) is 0 Å². The molecule has 16 nitrogen and oxygen atoms in total. The summed E-state index contributed by atoms with van der Waals surface area (Å²) in [5.74, 6) is -3.99. The van der Waals surface area contributed by atoms with Crippen molar-refractivity contribution in [1.29, 1.82) is 0 Å². The minimum atomic E-state index is -1.97. The Morgan fingerprint density at radius 2 is 1.43 bits per heavy atom. The van der Waals surface area contributed by atoms with Crippen LogP contribution in [0.25, 0.3) is 22.3 Å². The summed E-state index contributed by atoms with van der Waals surface area (Å²) in [6.07, 6.45) is -15.8. The van der Waals surface area contributed by atoms with Gasteiger partial charge in [-0.2, -0.15) is 0 Å². The van der Waals surface area contributed by atoms with Crippen molar-refractivity contribution in [2.24, 2.45) is 0 Å². The van der Waals surface area contributed by atoms with E-state index in [-0.39, 0.29) is 17.1 Å². The van der Waals surface area contributed by atoms with Gasteiger partial charge in [0, 0.05) is 11.6 Å². The van der Waals surface area contributed by atoms with E-state index in [2.05, 4.69) is 0 Å². The Morgan fingerprint density at radius 1 is 0.786 bits per heavy atom. The largest absolute Gasteiger partial charge is 0.508 e. The molecule has 0 saturated carbocycles. The van der Waals surface area contributed by atoms with E-state index >= 15 is 0 Å². The van der Waals surface area contributed by atoms with Crippen LogP contribution in [0.3, 0.4) is 0 Å². The molecule has 9 atom stereocenters. The molecule has 3 heterocycles. The minimum Gasteiger partial charge on any atom is -0.508 e. The molecule has 0 unspecified atom stereocenters. The first kappa shape index (κ1) is 29.8. The van der Waals surface area contributed by atoms with E-state index in [1.54, 1.807) is 0 Å². The lowest BCUT2D eigenvalue weighted by Crippen LogP contribution is -2.60. The highest BCUT2D eigenvalue weighted by Gasteiger charge is 2.46. The summed E-state index contributed by atoms with van der Waals surface area (Å²) in [6.45, 7) is -1.32. The van der Waals surface area contributed by atoms with Crippen molar-refractivity contribution in [2.45, 2.75) is 55.3 Å². The van der Waals surface area contributed by atoms with Gasteiger partial charge >= 0.3 is 0 Å². The first-order chi connectivity index (χ1) is 19.9. The van der Waals surface area contributed by atoms with Crippen LogP contribution in [0.4, 0.5) is 0 Å². The number of aromatic hydroxyl groups is 3. The molecule has 0 radical (unpaired) electrons. The van der Waals surface area contributed by atoms with Crippen LogP contribution in [-0.4, -0.2) is 120 Å². The van der Waals surface area contributed by atoms with Crippen LogP contribution in [0.15, 0.2) is 39.5 Å². The van der Waals surface area contributed by atoms with Gasteiger partial charge in [-0.3, -0.25) is 4.79 Å². The molecule has 0 spiro atoms. The number of aliphatic hydroxyl groups is 7. The highest BCUT2D eigenvalue weighted by molar-refractivity contribution is 5.95. The number of rotatable bonds is 6. The van der Waals surface area contributed by atoms with Gasteiger partial charge in [0.1, 0.15) is 59.6 Å². The predicted octanol–water partition coefficient (Wildman–Crippen LogP) is -2.43. The lowest BCUT2D eigenvalue weighted by Gasteiger charge is -2.39. The van der Waals surface area contributed by atoms with E-state index in [0.29, 0.717) is 0 Å². The third-order valence-corrected chi connectivity index (χ3v) is 6.96. The Morgan fingerprint density at radius 3 is 2.10 bits per heavy atom. The third kappa shape index (κ3) is 5.19. The molecule has 0 amide bonds. The number of phenolic OH excluding ortho intramolecular Hbond substituents is 3. The van der Waals surface area contributed by atoms with Gasteiger partial charge in [-0.05, 0) is 24.3 Å². The van der Waals surface area contributed by atoms with Crippen molar-refractivity contribution in [3.05, 3.63) is 40.6 Å². The first-order valence-corrected chi connectivity index (χ1v) is 12.6. The summed E-state index contributed by atoms with van der Waals surface area (Å²) < 4.78 is 27.3. The van der Waals surface area contributed by atoms with Crippen LogP contribution in [0.2, 0.25) is 0 Å². The van der Waals surface area contributed by atoms with E-state index in [9.17, 15) is 55.9 Å². The number of hydrogen-bond donors (Lipinski definition) is 10. The van der Waals surface area contributed by atoms with E-state index in [0.717, 1.165) is 6.07 Å². The van der Waals surface area contributed by atoms with Crippen LogP contribution in [0.1, 0.15) is 0 Å². The molecule has 2 aromatic carbocycles. The molecule has 2 aliphatic heterocycles. The quantitative estimate of drug-likeness (QED) is 0.142. The Hall–Kier alpha value is -3.71. The molecule has 0 aliphatic carbocycles. The lowest BCUT2D eigenvalue weighted by atomic mass is 9.99. The van der Waals surface area contributed by atoms with Gasteiger partial charge in [0.15, 0.2) is 16.8 Å². The zero-order valence-electron chi connectivity index (χ0n) is 21.4. The smallest absolute Gasteiger partial charge is 0.229 e. The van der Waals surface area contributed by atoms with Gasteiger partial charge in [-0.15, -0.1) is 0 Å². The van der Waals surface area contributed by atoms with Gasteiger partial charge in [-0.25, -0.2) is 0 Å². The molecule has 1 aromatic heterocycles. The second-order valence-electron chi connectivity index (χ2n) is 9.76. The Labute approximate surface area is 235 Å². The van der Waals surface area contributed by atoms with Gasteiger partial charge in [-0.1, -0.05) is 0 Å². The summed E-state index contributed by atoms with van der Waals surface area (Å²) in [5, 5.41) is 102. The van der Waals surface area contributed by atoms with Crippen molar-refractivity contribution in [2.75, 3.05) is 13.2 Å². The highest BCUT2D eigenvalue weighted by atomic mass is 16.7. The number of hydrogen-bond acceptors (Lipinski definition) is 16. The number of fused-ring (bicyclic) bond motifs is 1. The maximum Gasteiger partial charge on any atom is 0.229 e. The van der Waals surface area contributed by atoms with Crippen LogP contribution in [0, 0.1) is 0 Å². The van der Waals surface area contributed by atoms with Gasteiger partial charge in [0.25, 0.3) is 0 Å². The van der Waals surface area contributed by atoms with Gasteiger partial charge in [0.2, 0.25) is 29.8 Å². The Kier molecular flexibility index (Phi) is 8.17. The highest BCUT2D eigenvalue weighted by Crippen LogP contribution is 2.51. The average Bonchev–Trinajstić information content (AvgIpc) is 2.97. The number of benzene rings is 2. The van der Waals surface area contributed by atoms with E-state index in [4.69, 9.17) is 23.4 Å². The standard InChI is InChI=1S/C26H28O16/c27-6-13-16(32)18(34)20(36)26(40-13)42-24-21(37)23(41-25-19(35)15(31)11(30)7-38-25)17(33)14-10(29)5-12(39-22(14)24)8-1-3-9(28)4-2-8/h1-5,11,13,15-16,18-20,25-28,30-37H,6-7H2/t11-,13+,15+,16+,18-,19+,20+,25+,26-/m0/s1. The first-order valence-electron chi connectivity index (χ1n) is 12.6. The number of phenols is 3. The molecule has 16 heteroatoms. The summed E-state index contributed by atoms with van der Waals surface area (Å²) in [5.41, 5.74) is -1.23. The topological polar surface area (TPSA) is 269 Å². The summed E-state index contributed by atoms with van der Waals surface area (Å²) >= 11 is 0. The fraction of sp³-hybridized carbons (Fsp3) is 0.423. The lowest BCUT2D eigenvalue weighted by molar-refractivity contribution is -0.277. The molecular weight excluding hydrogens is 568 g/mol. The van der Waals surface area contributed by atoms with Crippen LogP contribution >= 0.6 is 0 Å². The van der Waals surface area contributed by atoms with Crippen molar-refractivity contribution in [3.63, 3.8) is 0 Å². The van der Waals surface area contributed by atoms with Gasteiger partial charge in [0.05, 0.1) is 13.2 Å². The summed E-state index contributed by atoms with van der Waals surface area (Å²) in [7, 11) is 0. The number of ether oxygens (including phenoxy) is 4. The van der Waals surface area contributed by atoms with Crippen LogP contribution < -0.4 is 14.9 Å². The molecule has 5 rings (SSSR count). The zero-order chi connectivity index (χ0) is 30.5. The Bertz CT molecular complexity index is 1490. The average molecular weight is 596 g/mol. The second-order valence-corrected chi connectivity index (χ2v) is 9.76. The molecule has 228 valence electrons. The van der Waals surface area contributed by atoms with Crippen molar-refractivity contribution >= 4 is 11.0 Å². The molecule has 3 aromatic rings. The molecule has 10 N–H and O–H groups in total. The summed E-state index contributed by atoms with van der Waals surface area (Å²) in [6, 6.07) is 6.38. The maximum absolute atomic E-state index is 13.3. The molecule has 2 aliphatic rings. The predicted molar refractivity (Wildman–Crippen MR) is 136 cm³/mol. The normalized spacial score (nSPS) is 31.6. The maximum atomic E-state index is 13.3. The van der Waals surface area contributed by atoms with Crippen molar-refractivity contribution in [1.82, 2.24) is 0 Å². The number of aliphatic hydroxyl groups excluding tert-OH is 7. The monoisotopic (exact) mass is 596 g/mol. The van der Waals surface area contributed by atoms with E-state index < -0.39 is 108 Å². The third-order valence-electron chi connectivity index (χ3n) is 6.96. The van der Waals surface area contributed by atoms with Crippen LogP contribution in [0.5, 0.6) is 28.7 Å². The SMILES string of the molecule is O=c1cc(-c2ccc(O)cc2)oc2c(O[C@@H]3O[C@H](CO)[C@@H](O)[C@H](O)[C@H]3O)c(O)c(O[C@H]3OC[C@H](O)[C@@H](O)[C@H]3O)c(O)c12. The van der Waals surface area contributed by atoms with Crippen LogP contribution in [-0.2, 0) is 9.47 Å². The molecule has 0 bridgehead atoms. The Balaban J connectivity index is 1.66. The molecular formula is C26H28O16. The van der Waals surface area contributed by atoms with Gasteiger partial charge < -0.3 is 74.4 Å². The minimum absolute atomic E-state index is 0.0876. The summed E-state index contributed by atoms with van der Waals surface area (Å²) in [4.78, 5) is 13.3. The zero-order valence-corrected chi connectivity index (χ0v) is 21.4.